The Bertz CT molecular complexity index is 359. The van der Waals surface area contributed by atoms with E-state index in [1.54, 1.807) is 7.11 Å². The Morgan fingerprint density at radius 3 is 2.73 bits per heavy atom. The van der Waals surface area contributed by atoms with Crippen molar-refractivity contribution in [2.75, 3.05) is 13.7 Å². The van der Waals surface area contributed by atoms with Gasteiger partial charge in [-0.25, -0.2) is 4.99 Å². The van der Waals surface area contributed by atoms with Crippen molar-refractivity contribution < 1.29 is 9.47 Å². The molecule has 1 aromatic rings. The molecule has 1 aliphatic rings. The lowest BCUT2D eigenvalue weighted by Gasteiger charge is -2.10. The zero-order valence-electron chi connectivity index (χ0n) is 8.64. The summed E-state index contributed by atoms with van der Waals surface area (Å²) in [6.07, 6.45) is -0.0263. The monoisotopic (exact) mass is 206 g/mol. The van der Waals surface area contributed by atoms with Crippen molar-refractivity contribution in [2.24, 2.45) is 10.7 Å². The molecule has 0 fully saturated rings. The molecule has 4 heteroatoms. The number of nitrogens with two attached hydrogens (primary N) is 1. The third-order valence-corrected chi connectivity index (χ3v) is 2.34. The lowest BCUT2D eigenvalue weighted by molar-refractivity contribution is 0.184. The number of benzene rings is 1. The summed E-state index contributed by atoms with van der Waals surface area (Å²) in [4.78, 5) is 4.00. The predicted molar refractivity (Wildman–Crippen MR) is 57.5 cm³/mol. The standard InChI is InChI=1S/C11H14N2O2/c1-14-7-8-2-4-9(5-3-8)10-6-13-11(12)15-10/h2-5,10H,6-7H2,1H3,(H2,12,13). The molecule has 2 N–H and O–H groups in total. The van der Waals surface area contributed by atoms with Gasteiger partial charge in [0.15, 0.2) is 0 Å². The van der Waals surface area contributed by atoms with Crippen molar-refractivity contribution in [1.29, 1.82) is 0 Å². The molecule has 1 heterocycles. The van der Waals surface area contributed by atoms with E-state index in [0.717, 1.165) is 11.1 Å². The second-order valence-corrected chi connectivity index (χ2v) is 3.46. The Morgan fingerprint density at radius 2 is 2.20 bits per heavy atom. The first-order valence-electron chi connectivity index (χ1n) is 4.84. The minimum Gasteiger partial charge on any atom is -0.455 e. The summed E-state index contributed by atoms with van der Waals surface area (Å²) in [6.45, 7) is 1.24. The number of ether oxygens (including phenoxy) is 2. The van der Waals surface area contributed by atoms with E-state index in [4.69, 9.17) is 15.2 Å². The molecule has 0 bridgehead atoms. The van der Waals surface area contributed by atoms with Gasteiger partial charge in [0, 0.05) is 7.11 Å². The van der Waals surface area contributed by atoms with E-state index in [0.29, 0.717) is 13.2 Å². The zero-order chi connectivity index (χ0) is 10.7. The Kier molecular flexibility index (Phi) is 2.87. The van der Waals surface area contributed by atoms with Crippen molar-refractivity contribution in [1.82, 2.24) is 0 Å². The van der Waals surface area contributed by atoms with E-state index in [2.05, 4.69) is 4.99 Å². The van der Waals surface area contributed by atoms with Crippen LogP contribution in [0.3, 0.4) is 0 Å². The van der Waals surface area contributed by atoms with Crippen LogP contribution in [0.1, 0.15) is 17.2 Å². The van der Waals surface area contributed by atoms with Gasteiger partial charge in [0.1, 0.15) is 6.10 Å². The summed E-state index contributed by atoms with van der Waals surface area (Å²) in [5.74, 6) is 0. The van der Waals surface area contributed by atoms with Crippen LogP contribution in [0.4, 0.5) is 0 Å². The Balaban J connectivity index is 2.04. The first kappa shape index (κ1) is 9.98. The van der Waals surface area contributed by atoms with Gasteiger partial charge in [0.25, 0.3) is 6.02 Å². The molecule has 15 heavy (non-hydrogen) atoms. The Morgan fingerprint density at radius 1 is 1.47 bits per heavy atom. The maximum Gasteiger partial charge on any atom is 0.282 e. The highest BCUT2D eigenvalue weighted by atomic mass is 16.5. The fourth-order valence-electron chi connectivity index (χ4n) is 1.56. The Hall–Kier alpha value is -1.55. The molecule has 1 unspecified atom stereocenters. The number of aliphatic imine (C=N–C) groups is 1. The van der Waals surface area contributed by atoms with E-state index in [1.807, 2.05) is 24.3 Å². The first-order valence-corrected chi connectivity index (χ1v) is 4.84. The number of hydrogen-bond acceptors (Lipinski definition) is 4. The lowest BCUT2D eigenvalue weighted by Crippen LogP contribution is -2.13. The topological polar surface area (TPSA) is 56.8 Å². The van der Waals surface area contributed by atoms with Gasteiger partial charge in [0.05, 0.1) is 13.2 Å². The van der Waals surface area contributed by atoms with Gasteiger partial charge in [0.2, 0.25) is 0 Å². The summed E-state index contributed by atoms with van der Waals surface area (Å²) < 4.78 is 10.4. The van der Waals surface area contributed by atoms with Gasteiger partial charge >= 0.3 is 0 Å². The SMILES string of the molecule is COCc1ccc(C2CN=C(N)O2)cc1. The van der Waals surface area contributed by atoms with Gasteiger partial charge in [-0.1, -0.05) is 24.3 Å². The van der Waals surface area contributed by atoms with Crippen LogP contribution in [0.25, 0.3) is 0 Å². The first-order chi connectivity index (χ1) is 7.29. The number of amidine groups is 1. The molecule has 0 aromatic heterocycles. The van der Waals surface area contributed by atoms with Gasteiger partial charge in [-0.05, 0) is 11.1 Å². The molecule has 0 amide bonds. The number of methoxy groups -OCH3 is 1. The van der Waals surface area contributed by atoms with E-state index in [1.165, 1.54) is 0 Å². The molecular formula is C11H14N2O2. The number of nitrogens with zero attached hydrogens (tertiary/aromatic N) is 1. The summed E-state index contributed by atoms with van der Waals surface area (Å²) in [7, 11) is 1.68. The second-order valence-electron chi connectivity index (χ2n) is 3.46. The molecule has 4 nitrogen and oxygen atoms in total. The van der Waals surface area contributed by atoms with Gasteiger partial charge in [-0.2, -0.15) is 0 Å². The smallest absolute Gasteiger partial charge is 0.282 e. The Labute approximate surface area is 88.7 Å². The van der Waals surface area contributed by atoms with Crippen molar-refractivity contribution in [3.63, 3.8) is 0 Å². The zero-order valence-corrected chi connectivity index (χ0v) is 8.64. The molecule has 0 saturated heterocycles. The van der Waals surface area contributed by atoms with Crippen LogP contribution in [0.15, 0.2) is 29.3 Å². The lowest BCUT2D eigenvalue weighted by atomic mass is 10.1. The molecule has 1 aliphatic heterocycles. The number of rotatable bonds is 3. The third kappa shape index (κ3) is 2.27. The van der Waals surface area contributed by atoms with Crippen LogP contribution in [-0.2, 0) is 16.1 Å². The van der Waals surface area contributed by atoms with Gasteiger partial charge in [-0.15, -0.1) is 0 Å². The summed E-state index contributed by atoms with van der Waals surface area (Å²) in [5.41, 5.74) is 7.69. The average molecular weight is 206 g/mol. The maximum absolute atomic E-state index is 5.45. The van der Waals surface area contributed by atoms with Gasteiger partial charge in [-0.3, -0.25) is 0 Å². The highest BCUT2D eigenvalue weighted by molar-refractivity contribution is 5.73. The average Bonchev–Trinajstić information content (AvgIpc) is 2.67. The molecule has 80 valence electrons. The molecule has 1 atom stereocenters. The molecule has 0 spiro atoms. The molecule has 2 rings (SSSR count). The molecule has 0 aliphatic carbocycles. The minimum absolute atomic E-state index is 0.0263. The van der Waals surface area contributed by atoms with Crippen LogP contribution in [0, 0.1) is 0 Å². The number of hydrogen-bond donors (Lipinski definition) is 1. The van der Waals surface area contributed by atoms with E-state index < -0.39 is 0 Å². The fourth-order valence-corrected chi connectivity index (χ4v) is 1.56. The van der Waals surface area contributed by atoms with Crippen molar-refractivity contribution >= 4 is 6.02 Å². The van der Waals surface area contributed by atoms with Gasteiger partial charge < -0.3 is 15.2 Å². The molecular weight excluding hydrogens is 192 g/mol. The van der Waals surface area contributed by atoms with Crippen LogP contribution in [0.2, 0.25) is 0 Å². The van der Waals surface area contributed by atoms with Crippen molar-refractivity contribution in [3.05, 3.63) is 35.4 Å². The fraction of sp³-hybridized carbons (Fsp3) is 0.364. The second kappa shape index (κ2) is 4.31. The van der Waals surface area contributed by atoms with Crippen molar-refractivity contribution in [3.8, 4) is 0 Å². The highest BCUT2D eigenvalue weighted by Crippen LogP contribution is 2.22. The largest absolute Gasteiger partial charge is 0.455 e. The molecule has 1 aromatic carbocycles. The van der Waals surface area contributed by atoms with E-state index >= 15 is 0 Å². The third-order valence-electron chi connectivity index (χ3n) is 2.34. The normalized spacial score (nSPS) is 19.8. The van der Waals surface area contributed by atoms with Crippen molar-refractivity contribution in [2.45, 2.75) is 12.7 Å². The van der Waals surface area contributed by atoms with E-state index in [9.17, 15) is 0 Å². The quantitative estimate of drug-likeness (QED) is 0.809. The van der Waals surface area contributed by atoms with Crippen LogP contribution >= 0.6 is 0 Å². The van der Waals surface area contributed by atoms with Crippen LogP contribution in [0.5, 0.6) is 0 Å². The summed E-state index contributed by atoms with van der Waals surface area (Å²) in [5, 5.41) is 0. The minimum atomic E-state index is -0.0263. The van der Waals surface area contributed by atoms with Crippen LogP contribution in [-0.4, -0.2) is 19.7 Å². The molecule has 0 radical (unpaired) electrons. The summed E-state index contributed by atoms with van der Waals surface area (Å²) >= 11 is 0. The van der Waals surface area contributed by atoms with Crippen LogP contribution < -0.4 is 5.73 Å². The summed E-state index contributed by atoms with van der Waals surface area (Å²) in [6, 6.07) is 8.37. The maximum atomic E-state index is 5.45. The predicted octanol–water partition coefficient (Wildman–Crippen LogP) is 1.22. The van der Waals surface area contributed by atoms with E-state index in [-0.39, 0.29) is 12.1 Å². The molecule has 0 saturated carbocycles. The highest BCUT2D eigenvalue weighted by Gasteiger charge is 2.19.